The number of hydrogen-bond donors (Lipinski definition) is 2. The van der Waals surface area contributed by atoms with Crippen molar-refractivity contribution < 1.29 is 18.0 Å². The minimum atomic E-state index is -4.47. The number of benzene rings is 1. The molecule has 0 aliphatic heterocycles. The topological polar surface area (TPSA) is 55.1 Å². The number of anilines is 1. The summed E-state index contributed by atoms with van der Waals surface area (Å²) in [6, 6.07) is 2.72. The van der Waals surface area contributed by atoms with Crippen LogP contribution in [-0.4, -0.2) is 12.5 Å². The lowest BCUT2D eigenvalue weighted by molar-refractivity contribution is -0.137. The summed E-state index contributed by atoms with van der Waals surface area (Å²) in [5, 5.41) is 2.32. The van der Waals surface area contributed by atoms with Gasteiger partial charge in [-0.25, -0.2) is 0 Å². The van der Waals surface area contributed by atoms with Gasteiger partial charge in [0, 0.05) is 13.0 Å². The smallest absolute Gasteiger partial charge is 0.330 e. The van der Waals surface area contributed by atoms with Crippen LogP contribution in [0.2, 0.25) is 5.02 Å². The molecular formula is C10H10ClF3N2O. The van der Waals surface area contributed by atoms with Crippen LogP contribution in [0, 0.1) is 0 Å². The number of nitrogens with one attached hydrogen (secondary N) is 1. The average Bonchev–Trinajstić information content (AvgIpc) is 2.20. The van der Waals surface area contributed by atoms with E-state index < -0.39 is 17.6 Å². The van der Waals surface area contributed by atoms with E-state index in [1.807, 2.05) is 0 Å². The van der Waals surface area contributed by atoms with E-state index in [1.165, 1.54) is 0 Å². The molecule has 1 rings (SSSR count). The van der Waals surface area contributed by atoms with Crippen molar-refractivity contribution in [3.8, 4) is 0 Å². The van der Waals surface area contributed by atoms with Crippen molar-refractivity contribution in [2.24, 2.45) is 5.73 Å². The molecule has 7 heteroatoms. The quantitative estimate of drug-likeness (QED) is 0.884. The molecule has 0 fully saturated rings. The Morgan fingerprint density at radius 3 is 2.59 bits per heavy atom. The molecule has 0 atom stereocenters. The van der Waals surface area contributed by atoms with Crippen molar-refractivity contribution in [3.05, 3.63) is 28.8 Å². The normalized spacial score (nSPS) is 11.4. The number of carbonyl (C=O) groups is 1. The third-order valence-electron chi connectivity index (χ3n) is 1.94. The molecule has 17 heavy (non-hydrogen) atoms. The number of halogens is 4. The Hall–Kier alpha value is -1.27. The first-order valence-corrected chi connectivity index (χ1v) is 5.09. The zero-order valence-electron chi connectivity index (χ0n) is 8.64. The maximum Gasteiger partial charge on any atom is 0.416 e. The average molecular weight is 267 g/mol. The molecule has 0 heterocycles. The van der Waals surface area contributed by atoms with E-state index >= 15 is 0 Å². The molecule has 0 aromatic heterocycles. The van der Waals surface area contributed by atoms with E-state index in [2.05, 4.69) is 5.32 Å². The lowest BCUT2D eigenvalue weighted by Crippen LogP contribution is -2.17. The molecular weight excluding hydrogens is 257 g/mol. The number of carbonyl (C=O) groups excluding carboxylic acids is 1. The molecule has 0 bridgehead atoms. The zero-order chi connectivity index (χ0) is 13.1. The van der Waals surface area contributed by atoms with Crippen molar-refractivity contribution in [1.82, 2.24) is 0 Å². The molecule has 0 spiro atoms. The maximum atomic E-state index is 12.4. The molecule has 3 N–H and O–H groups in total. The summed E-state index contributed by atoms with van der Waals surface area (Å²) >= 11 is 5.68. The van der Waals surface area contributed by atoms with Gasteiger partial charge < -0.3 is 11.1 Å². The van der Waals surface area contributed by atoms with Crippen LogP contribution >= 0.6 is 11.6 Å². The second kappa shape index (κ2) is 5.37. The Labute approximate surface area is 101 Å². The van der Waals surface area contributed by atoms with E-state index in [9.17, 15) is 18.0 Å². The van der Waals surface area contributed by atoms with E-state index in [0.29, 0.717) is 0 Å². The minimum Gasteiger partial charge on any atom is -0.330 e. The molecule has 0 unspecified atom stereocenters. The molecule has 0 aliphatic rings. The standard InChI is InChI=1S/C10H10ClF3N2O/c11-7-2-1-6(10(12,13)14)5-8(7)16-9(17)3-4-15/h1-2,5H,3-4,15H2,(H,16,17). The van der Waals surface area contributed by atoms with Gasteiger partial charge in [0.05, 0.1) is 16.3 Å². The van der Waals surface area contributed by atoms with E-state index in [1.54, 1.807) is 0 Å². The van der Waals surface area contributed by atoms with Crippen molar-refractivity contribution >= 4 is 23.2 Å². The van der Waals surface area contributed by atoms with Crippen molar-refractivity contribution in [3.63, 3.8) is 0 Å². The largest absolute Gasteiger partial charge is 0.416 e. The molecule has 0 aliphatic carbocycles. The van der Waals surface area contributed by atoms with Gasteiger partial charge in [0.1, 0.15) is 0 Å². The highest BCUT2D eigenvalue weighted by Crippen LogP contribution is 2.33. The van der Waals surface area contributed by atoms with Crippen LogP contribution in [0.3, 0.4) is 0 Å². The summed E-state index contributed by atoms with van der Waals surface area (Å²) in [5.74, 6) is -0.478. The molecule has 1 aromatic rings. The summed E-state index contributed by atoms with van der Waals surface area (Å²) in [6.07, 6.45) is -4.45. The molecule has 0 saturated carbocycles. The van der Waals surface area contributed by atoms with Gasteiger partial charge in [0.15, 0.2) is 0 Å². The second-order valence-electron chi connectivity index (χ2n) is 3.28. The lowest BCUT2D eigenvalue weighted by Gasteiger charge is -2.11. The second-order valence-corrected chi connectivity index (χ2v) is 3.69. The Bertz CT molecular complexity index is 421. The van der Waals surface area contributed by atoms with Gasteiger partial charge in [-0.15, -0.1) is 0 Å². The highest BCUT2D eigenvalue weighted by Gasteiger charge is 2.31. The van der Waals surface area contributed by atoms with Gasteiger partial charge >= 0.3 is 6.18 Å². The number of amides is 1. The van der Waals surface area contributed by atoms with Crippen molar-refractivity contribution in [2.45, 2.75) is 12.6 Å². The van der Waals surface area contributed by atoms with Crippen LogP contribution in [0.5, 0.6) is 0 Å². The van der Waals surface area contributed by atoms with Gasteiger partial charge in [-0.05, 0) is 18.2 Å². The number of hydrogen-bond acceptors (Lipinski definition) is 2. The van der Waals surface area contributed by atoms with Gasteiger partial charge in [-0.3, -0.25) is 4.79 Å². The van der Waals surface area contributed by atoms with Crippen LogP contribution in [-0.2, 0) is 11.0 Å². The molecule has 0 saturated heterocycles. The fourth-order valence-electron chi connectivity index (χ4n) is 1.14. The number of nitrogens with two attached hydrogens (primary N) is 1. The van der Waals surface area contributed by atoms with Crippen LogP contribution in [0.25, 0.3) is 0 Å². The summed E-state index contributed by atoms with van der Waals surface area (Å²) in [4.78, 5) is 11.2. The summed E-state index contributed by atoms with van der Waals surface area (Å²) in [7, 11) is 0. The fourth-order valence-corrected chi connectivity index (χ4v) is 1.31. The summed E-state index contributed by atoms with van der Waals surface area (Å²) in [6.45, 7) is 0.114. The highest BCUT2D eigenvalue weighted by atomic mass is 35.5. The number of alkyl halides is 3. The van der Waals surface area contributed by atoms with E-state index in [4.69, 9.17) is 17.3 Å². The summed E-state index contributed by atoms with van der Waals surface area (Å²) in [5.41, 5.74) is 4.21. The first kappa shape index (κ1) is 13.8. The molecule has 94 valence electrons. The van der Waals surface area contributed by atoms with Gasteiger partial charge in [0.25, 0.3) is 0 Å². The Kier molecular flexibility index (Phi) is 4.36. The van der Waals surface area contributed by atoms with Crippen molar-refractivity contribution in [1.29, 1.82) is 0 Å². The zero-order valence-corrected chi connectivity index (χ0v) is 9.40. The van der Waals surface area contributed by atoms with Crippen LogP contribution in [0.1, 0.15) is 12.0 Å². The van der Waals surface area contributed by atoms with Gasteiger partial charge in [-0.2, -0.15) is 13.2 Å². The van der Waals surface area contributed by atoms with Crippen molar-refractivity contribution in [2.75, 3.05) is 11.9 Å². The first-order valence-electron chi connectivity index (χ1n) is 4.71. The van der Waals surface area contributed by atoms with Crippen LogP contribution in [0.15, 0.2) is 18.2 Å². The third kappa shape index (κ3) is 3.90. The van der Waals surface area contributed by atoms with Crippen LogP contribution in [0.4, 0.5) is 18.9 Å². The third-order valence-corrected chi connectivity index (χ3v) is 2.27. The predicted molar refractivity (Wildman–Crippen MR) is 58.8 cm³/mol. The lowest BCUT2D eigenvalue weighted by atomic mass is 10.2. The monoisotopic (exact) mass is 266 g/mol. The highest BCUT2D eigenvalue weighted by molar-refractivity contribution is 6.33. The molecule has 3 nitrogen and oxygen atoms in total. The predicted octanol–water partition coefficient (Wildman–Crippen LogP) is 2.65. The Morgan fingerprint density at radius 2 is 2.06 bits per heavy atom. The molecule has 0 radical (unpaired) electrons. The maximum absolute atomic E-state index is 12.4. The molecule has 1 amide bonds. The number of rotatable bonds is 3. The van der Waals surface area contributed by atoms with Gasteiger partial charge in [0.2, 0.25) is 5.91 Å². The van der Waals surface area contributed by atoms with Gasteiger partial charge in [-0.1, -0.05) is 11.6 Å². The Balaban J connectivity index is 2.95. The SMILES string of the molecule is NCCC(=O)Nc1cc(C(F)(F)F)ccc1Cl. The fraction of sp³-hybridized carbons (Fsp3) is 0.300. The minimum absolute atomic E-state index is 0.0204. The van der Waals surface area contributed by atoms with E-state index in [-0.39, 0.29) is 23.7 Å². The van der Waals surface area contributed by atoms with Crippen LogP contribution < -0.4 is 11.1 Å². The first-order chi connectivity index (χ1) is 7.84. The van der Waals surface area contributed by atoms with E-state index in [0.717, 1.165) is 18.2 Å². The Morgan fingerprint density at radius 1 is 1.41 bits per heavy atom. The summed E-state index contributed by atoms with van der Waals surface area (Å²) < 4.78 is 37.2. The molecule has 1 aromatic carbocycles.